The third-order valence-electron chi connectivity index (χ3n) is 1.63. The van der Waals surface area contributed by atoms with Crippen molar-refractivity contribution in [3.8, 4) is 0 Å². The molecule has 1 rings (SSSR count). The van der Waals surface area contributed by atoms with Gasteiger partial charge in [-0.1, -0.05) is 13.8 Å². The summed E-state index contributed by atoms with van der Waals surface area (Å²) in [6.45, 7) is 4.00. The van der Waals surface area contributed by atoms with Crippen LogP contribution in [0.15, 0.2) is 0 Å². The van der Waals surface area contributed by atoms with Crippen molar-refractivity contribution in [1.82, 2.24) is 0 Å². The average Bonchev–Trinajstić information content (AvgIpc) is 2.17. The molecular weight excluding hydrogens is 162 g/mol. The second kappa shape index (κ2) is 10.8. The fraction of sp³-hybridized carbons (Fsp3) is 1.00. The van der Waals surface area contributed by atoms with Gasteiger partial charge in [0.15, 0.2) is 0 Å². The highest BCUT2D eigenvalue weighted by molar-refractivity contribution is 4.69. The van der Waals surface area contributed by atoms with E-state index in [-0.39, 0.29) is 6.10 Å². The average molecular weight is 182 g/mol. The van der Waals surface area contributed by atoms with Gasteiger partial charge in [0, 0.05) is 0 Å². The van der Waals surface area contributed by atoms with Gasteiger partial charge in [-0.3, -0.25) is 4.39 Å². The highest BCUT2D eigenvalue weighted by Gasteiger charge is 2.17. The van der Waals surface area contributed by atoms with E-state index in [2.05, 4.69) is 0 Å². The molecule has 12 heavy (non-hydrogen) atoms. The van der Waals surface area contributed by atoms with Crippen molar-refractivity contribution < 1.29 is 13.9 Å². The molecular formula is C9H20F2O. The minimum Gasteiger partial charge on any atom is -0.393 e. The molecule has 1 N–H and O–H groups in total. The zero-order valence-corrected chi connectivity index (χ0v) is 8.19. The standard InChI is InChI=1S/C6H11FO.C2H6.CH3F/c7-5-1-3-6(8)4-2-5;2*1-2/h5-6,8H,1-4H2;1-2H3;1H3. The van der Waals surface area contributed by atoms with E-state index < -0.39 is 6.17 Å². The largest absolute Gasteiger partial charge is 0.393 e. The lowest BCUT2D eigenvalue weighted by molar-refractivity contribution is 0.0940. The lowest BCUT2D eigenvalue weighted by Crippen LogP contribution is -2.18. The number of alkyl halides is 2. The van der Waals surface area contributed by atoms with Crippen LogP contribution >= 0.6 is 0 Å². The van der Waals surface area contributed by atoms with Gasteiger partial charge < -0.3 is 5.11 Å². The molecule has 0 radical (unpaired) electrons. The second-order valence-corrected chi connectivity index (χ2v) is 2.41. The predicted molar refractivity (Wildman–Crippen MR) is 47.8 cm³/mol. The first-order valence-corrected chi connectivity index (χ1v) is 4.49. The predicted octanol–water partition coefficient (Wildman–Crippen LogP) is 2.87. The van der Waals surface area contributed by atoms with Gasteiger partial charge >= 0.3 is 0 Å². The number of halogens is 2. The van der Waals surface area contributed by atoms with Crippen LogP contribution in [-0.2, 0) is 0 Å². The van der Waals surface area contributed by atoms with E-state index >= 15 is 0 Å². The van der Waals surface area contributed by atoms with Crippen LogP contribution in [0.1, 0.15) is 39.5 Å². The Balaban J connectivity index is 0. The molecule has 0 amide bonds. The fourth-order valence-corrected chi connectivity index (χ4v) is 1.04. The smallest absolute Gasteiger partial charge is 0.100 e. The summed E-state index contributed by atoms with van der Waals surface area (Å²) in [5.41, 5.74) is 0. The first-order chi connectivity index (χ1) is 5.79. The first kappa shape index (κ1) is 14.3. The summed E-state index contributed by atoms with van der Waals surface area (Å²) < 4.78 is 21.7. The van der Waals surface area contributed by atoms with Crippen molar-refractivity contribution in [3.63, 3.8) is 0 Å². The molecule has 0 unspecified atom stereocenters. The van der Waals surface area contributed by atoms with Crippen LogP contribution in [0.5, 0.6) is 0 Å². The summed E-state index contributed by atoms with van der Waals surface area (Å²) in [6.07, 6.45) is 1.56. The van der Waals surface area contributed by atoms with Crippen molar-refractivity contribution in [2.24, 2.45) is 0 Å². The zero-order chi connectivity index (χ0) is 9.98. The van der Waals surface area contributed by atoms with Crippen LogP contribution in [0.3, 0.4) is 0 Å². The van der Waals surface area contributed by atoms with Crippen LogP contribution in [0.2, 0.25) is 0 Å². The number of hydrogen-bond donors (Lipinski definition) is 1. The van der Waals surface area contributed by atoms with Gasteiger partial charge in [-0.2, -0.15) is 0 Å². The molecule has 1 fully saturated rings. The molecule has 0 spiro atoms. The Hall–Kier alpha value is -0.180. The van der Waals surface area contributed by atoms with Gasteiger partial charge in [0.2, 0.25) is 0 Å². The molecule has 0 aromatic carbocycles. The summed E-state index contributed by atoms with van der Waals surface area (Å²) in [7, 11) is 0.500. The van der Waals surface area contributed by atoms with Crippen LogP contribution in [0.4, 0.5) is 8.78 Å². The molecule has 0 atom stereocenters. The Morgan fingerprint density at radius 2 is 1.33 bits per heavy atom. The van der Waals surface area contributed by atoms with E-state index in [1.165, 1.54) is 0 Å². The molecule has 0 bridgehead atoms. The summed E-state index contributed by atoms with van der Waals surface area (Å²) in [4.78, 5) is 0. The first-order valence-electron chi connectivity index (χ1n) is 4.49. The molecule has 0 aromatic heterocycles. The van der Waals surface area contributed by atoms with E-state index in [1.54, 1.807) is 0 Å². The lowest BCUT2D eigenvalue weighted by atomic mass is 9.96. The Kier molecular flexibility index (Phi) is 12.9. The van der Waals surface area contributed by atoms with Crippen molar-refractivity contribution in [2.45, 2.75) is 51.8 Å². The fourth-order valence-electron chi connectivity index (χ4n) is 1.04. The number of hydrogen-bond acceptors (Lipinski definition) is 1. The third kappa shape index (κ3) is 7.92. The van der Waals surface area contributed by atoms with Gasteiger partial charge in [0.05, 0.1) is 13.3 Å². The van der Waals surface area contributed by atoms with Crippen LogP contribution in [0.25, 0.3) is 0 Å². The Labute approximate surface area is 73.8 Å². The molecule has 1 saturated carbocycles. The number of aliphatic hydroxyl groups is 1. The maximum absolute atomic E-state index is 12.2. The third-order valence-corrected chi connectivity index (χ3v) is 1.63. The normalized spacial score (nSPS) is 27.5. The Morgan fingerprint density at radius 3 is 1.58 bits per heavy atom. The quantitative estimate of drug-likeness (QED) is 0.610. The molecule has 1 nitrogen and oxygen atoms in total. The van der Waals surface area contributed by atoms with E-state index in [0.717, 1.165) is 0 Å². The summed E-state index contributed by atoms with van der Waals surface area (Å²) in [5, 5.41) is 8.86. The number of rotatable bonds is 0. The van der Waals surface area contributed by atoms with Crippen LogP contribution in [-0.4, -0.2) is 24.6 Å². The summed E-state index contributed by atoms with van der Waals surface area (Å²) >= 11 is 0. The van der Waals surface area contributed by atoms with Gasteiger partial charge in [-0.05, 0) is 25.7 Å². The van der Waals surface area contributed by atoms with E-state index in [0.29, 0.717) is 32.9 Å². The SMILES string of the molecule is CC.CF.OC1CCC(F)CC1. The Bertz CT molecular complexity index is 60.9. The van der Waals surface area contributed by atoms with Crippen LogP contribution in [0, 0.1) is 0 Å². The van der Waals surface area contributed by atoms with E-state index in [9.17, 15) is 8.78 Å². The second-order valence-electron chi connectivity index (χ2n) is 2.41. The highest BCUT2D eigenvalue weighted by Crippen LogP contribution is 2.20. The van der Waals surface area contributed by atoms with E-state index in [4.69, 9.17) is 5.11 Å². The van der Waals surface area contributed by atoms with Crippen LogP contribution < -0.4 is 0 Å². The molecule has 3 heteroatoms. The topological polar surface area (TPSA) is 20.2 Å². The van der Waals surface area contributed by atoms with E-state index in [1.807, 2.05) is 13.8 Å². The minimum absolute atomic E-state index is 0.220. The zero-order valence-electron chi connectivity index (χ0n) is 8.19. The van der Waals surface area contributed by atoms with Crippen molar-refractivity contribution >= 4 is 0 Å². The summed E-state index contributed by atoms with van der Waals surface area (Å²) in [5.74, 6) is 0. The van der Waals surface area contributed by atoms with Gasteiger partial charge in [0.25, 0.3) is 0 Å². The molecule has 0 aromatic rings. The number of aliphatic hydroxyl groups excluding tert-OH is 1. The summed E-state index contributed by atoms with van der Waals surface area (Å²) in [6, 6.07) is 0. The van der Waals surface area contributed by atoms with Crippen molar-refractivity contribution in [3.05, 3.63) is 0 Å². The van der Waals surface area contributed by atoms with Crippen molar-refractivity contribution in [1.29, 1.82) is 0 Å². The highest BCUT2D eigenvalue weighted by atomic mass is 19.1. The Morgan fingerprint density at radius 1 is 1.00 bits per heavy atom. The van der Waals surface area contributed by atoms with Crippen molar-refractivity contribution in [2.75, 3.05) is 7.18 Å². The molecule has 1 aliphatic rings. The lowest BCUT2D eigenvalue weighted by Gasteiger charge is -2.18. The molecule has 0 saturated heterocycles. The van der Waals surface area contributed by atoms with Gasteiger partial charge in [0.1, 0.15) is 6.17 Å². The maximum atomic E-state index is 12.2. The monoisotopic (exact) mass is 182 g/mol. The molecule has 0 heterocycles. The molecule has 0 aliphatic heterocycles. The van der Waals surface area contributed by atoms with Gasteiger partial charge in [-0.25, -0.2) is 4.39 Å². The molecule has 76 valence electrons. The maximum Gasteiger partial charge on any atom is 0.100 e. The molecule has 1 aliphatic carbocycles. The van der Waals surface area contributed by atoms with Gasteiger partial charge in [-0.15, -0.1) is 0 Å². The minimum atomic E-state index is -0.640.